The average Bonchev–Trinajstić information content (AvgIpc) is 3.40. The molecule has 0 N–H and O–H groups in total. The molecule has 0 aliphatic carbocycles. The van der Waals surface area contributed by atoms with Crippen molar-refractivity contribution in [1.29, 1.82) is 0 Å². The number of hydrogen-bond donors (Lipinski definition) is 0. The maximum atomic E-state index is 2.50. The molecule has 0 saturated heterocycles. The lowest BCUT2D eigenvalue weighted by Crippen LogP contribution is -2.40. The topological polar surface area (TPSA) is 0 Å². The van der Waals surface area contributed by atoms with E-state index in [1.807, 2.05) is 0 Å². The third-order valence-electron chi connectivity index (χ3n) is 12.6. The van der Waals surface area contributed by atoms with Crippen molar-refractivity contribution in [3.8, 4) is 0 Å². The van der Waals surface area contributed by atoms with Crippen LogP contribution in [0.25, 0.3) is 0 Å². The molecule has 3 heteroatoms. The molecule has 320 valence electrons. The molecule has 0 saturated carbocycles. The molecule has 9 aromatic rings. The normalized spacial score (nSPS) is 13.4. The second kappa shape index (κ2) is 20.5. The molecule has 9 rings (SSSR count). The van der Waals surface area contributed by atoms with Gasteiger partial charge in [-0.1, -0.05) is 287 Å². The predicted molar refractivity (Wildman–Crippen MR) is 283 cm³/mol. The molecule has 0 radical (unpaired) electrons. The van der Waals surface area contributed by atoms with E-state index in [4.69, 9.17) is 0 Å². The van der Waals surface area contributed by atoms with E-state index in [9.17, 15) is 0 Å². The first-order chi connectivity index (χ1) is 32.1. The van der Waals surface area contributed by atoms with Crippen LogP contribution in [-0.2, 0) is 14.2 Å². The van der Waals surface area contributed by atoms with Crippen LogP contribution in [0.3, 0.4) is 0 Å². The second-order valence-electron chi connectivity index (χ2n) is 16.6. The molecule has 0 fully saturated rings. The van der Waals surface area contributed by atoms with Gasteiger partial charge in [0.05, 0.1) is 14.2 Å². The summed E-state index contributed by atoms with van der Waals surface area (Å²) in [7, 11) is 0. The van der Waals surface area contributed by atoms with Crippen molar-refractivity contribution in [3.05, 3.63) is 323 Å². The van der Waals surface area contributed by atoms with Crippen LogP contribution in [-0.4, -0.2) is 15.7 Å². The van der Waals surface area contributed by atoms with Gasteiger partial charge in [-0.2, -0.15) is 0 Å². The minimum absolute atomic E-state index is 0.0663. The molecular weight excluding hydrogens is 841 g/mol. The Hall–Kier alpha value is -5.97. The quantitative estimate of drug-likeness (QED) is 0.0836. The number of thioether (sulfide) groups is 3. The second-order valence-corrected chi connectivity index (χ2v) is 21.1. The summed E-state index contributed by atoms with van der Waals surface area (Å²) in [4.78, 5) is 0. The van der Waals surface area contributed by atoms with Gasteiger partial charge in [-0.05, 0) is 50.1 Å². The molecule has 0 aliphatic rings. The van der Waals surface area contributed by atoms with Crippen molar-refractivity contribution < 1.29 is 0 Å². The van der Waals surface area contributed by atoms with E-state index in [1.165, 1.54) is 50.1 Å². The minimum atomic E-state index is -0.554. The van der Waals surface area contributed by atoms with Gasteiger partial charge in [0, 0.05) is 15.7 Å². The lowest BCUT2D eigenvalue weighted by Gasteiger charge is -2.46. The fraction of sp³-hybridized carbons (Fsp3) is 0.129. The summed E-state index contributed by atoms with van der Waals surface area (Å²) in [6.07, 6.45) is 0. The van der Waals surface area contributed by atoms with Crippen molar-refractivity contribution in [2.45, 2.75) is 43.8 Å². The smallest absolute Gasteiger partial charge is 0.0910 e. The maximum Gasteiger partial charge on any atom is 0.0910 e. The molecule has 0 aromatic heterocycles. The highest BCUT2D eigenvalue weighted by Crippen LogP contribution is 2.60. The minimum Gasteiger partial charge on any atom is -0.136 e. The van der Waals surface area contributed by atoms with Gasteiger partial charge in [0.1, 0.15) is 0 Å². The Labute approximate surface area is 399 Å². The highest BCUT2D eigenvalue weighted by atomic mass is 32.2. The molecule has 0 aliphatic heterocycles. The summed E-state index contributed by atoms with van der Waals surface area (Å²) in [5, 5.41) is 0.258. The summed E-state index contributed by atoms with van der Waals surface area (Å²) in [5.41, 5.74) is 11.4. The lowest BCUT2D eigenvalue weighted by atomic mass is 9.84. The first-order valence-electron chi connectivity index (χ1n) is 22.6. The van der Waals surface area contributed by atoms with Crippen LogP contribution >= 0.6 is 35.3 Å². The van der Waals surface area contributed by atoms with Crippen molar-refractivity contribution in [3.63, 3.8) is 0 Å². The van der Waals surface area contributed by atoms with Crippen molar-refractivity contribution in [1.82, 2.24) is 0 Å². The molecule has 65 heavy (non-hydrogen) atoms. The van der Waals surface area contributed by atoms with Gasteiger partial charge >= 0.3 is 0 Å². The van der Waals surface area contributed by atoms with Gasteiger partial charge in [-0.3, -0.25) is 0 Å². The lowest BCUT2D eigenvalue weighted by molar-refractivity contribution is 0.772. The Balaban J connectivity index is 1.30. The van der Waals surface area contributed by atoms with E-state index in [0.29, 0.717) is 0 Å². The SMILES string of the molecule is CC(SC(c1ccccc1)(c1ccccc1)c1ccccc1)C(SC(c1ccccc1)(c1ccccc1)c1ccccc1)C(C)SC(c1ccccc1)(c1ccccc1)c1ccccc1. The third-order valence-corrected chi connectivity index (χ3v) is 18.5. The van der Waals surface area contributed by atoms with Crippen molar-refractivity contribution >= 4 is 35.3 Å². The van der Waals surface area contributed by atoms with Crippen LogP contribution in [0.2, 0.25) is 0 Å². The van der Waals surface area contributed by atoms with Gasteiger partial charge in [-0.25, -0.2) is 0 Å². The van der Waals surface area contributed by atoms with Crippen LogP contribution in [0.1, 0.15) is 63.9 Å². The highest BCUT2D eigenvalue weighted by Gasteiger charge is 2.48. The summed E-state index contributed by atoms with van der Waals surface area (Å²) < 4.78 is -1.59. The molecular formula is C62H54S3. The maximum absolute atomic E-state index is 2.50. The molecule has 9 aromatic carbocycles. The Bertz CT molecular complexity index is 2360. The Kier molecular flexibility index (Phi) is 13.9. The van der Waals surface area contributed by atoms with Gasteiger partial charge in [0.15, 0.2) is 0 Å². The first kappa shape index (κ1) is 44.2. The van der Waals surface area contributed by atoms with Gasteiger partial charge in [0.25, 0.3) is 0 Å². The van der Waals surface area contributed by atoms with E-state index in [2.05, 4.69) is 322 Å². The highest BCUT2D eigenvalue weighted by molar-refractivity contribution is 8.07. The van der Waals surface area contributed by atoms with E-state index in [-0.39, 0.29) is 15.7 Å². The molecule has 2 unspecified atom stereocenters. The van der Waals surface area contributed by atoms with Crippen LogP contribution in [0.15, 0.2) is 273 Å². The van der Waals surface area contributed by atoms with Gasteiger partial charge in [0.2, 0.25) is 0 Å². The summed E-state index contributed by atoms with van der Waals surface area (Å²) >= 11 is 6.31. The molecule has 0 amide bonds. The summed E-state index contributed by atoms with van der Waals surface area (Å²) in [5.74, 6) is 0. The largest absolute Gasteiger partial charge is 0.136 e. The van der Waals surface area contributed by atoms with Crippen molar-refractivity contribution in [2.75, 3.05) is 0 Å². The zero-order chi connectivity index (χ0) is 44.4. The fourth-order valence-electron chi connectivity index (χ4n) is 9.64. The predicted octanol–water partition coefficient (Wildman–Crippen LogP) is 16.3. The molecule has 2 atom stereocenters. The number of benzene rings is 9. The third kappa shape index (κ3) is 8.91. The summed E-state index contributed by atoms with van der Waals surface area (Å²) in [6, 6.07) is 101. The van der Waals surface area contributed by atoms with Crippen LogP contribution in [0.4, 0.5) is 0 Å². The monoisotopic (exact) mass is 894 g/mol. The Morgan fingerprint density at radius 1 is 0.215 bits per heavy atom. The van der Waals surface area contributed by atoms with Crippen molar-refractivity contribution in [2.24, 2.45) is 0 Å². The molecule has 0 spiro atoms. The van der Waals surface area contributed by atoms with Crippen LogP contribution < -0.4 is 0 Å². The summed E-state index contributed by atoms with van der Waals surface area (Å²) in [6.45, 7) is 5.01. The van der Waals surface area contributed by atoms with Crippen LogP contribution in [0.5, 0.6) is 0 Å². The Morgan fingerprint density at radius 3 is 0.508 bits per heavy atom. The van der Waals surface area contributed by atoms with Gasteiger partial charge in [-0.15, -0.1) is 35.3 Å². The zero-order valence-electron chi connectivity index (χ0n) is 36.9. The molecule has 0 heterocycles. The molecule has 0 nitrogen and oxygen atoms in total. The van der Waals surface area contributed by atoms with E-state index in [1.54, 1.807) is 0 Å². The van der Waals surface area contributed by atoms with Gasteiger partial charge < -0.3 is 0 Å². The fourth-order valence-corrected chi connectivity index (χ4v) is 15.5. The zero-order valence-corrected chi connectivity index (χ0v) is 39.4. The average molecular weight is 895 g/mol. The first-order valence-corrected chi connectivity index (χ1v) is 25.2. The Morgan fingerprint density at radius 2 is 0.354 bits per heavy atom. The van der Waals surface area contributed by atoms with E-state index >= 15 is 0 Å². The van der Waals surface area contributed by atoms with E-state index < -0.39 is 14.2 Å². The standard InChI is InChI=1S/C62H54S3/c1-48(63-60(50-30-12-3-13-31-50,51-32-14-4-15-33-51)52-34-16-5-17-35-52)59(65-62(56-42-24-9-25-43-56,57-44-26-10-27-45-57)58-46-28-11-29-47-58)49(2)64-61(53-36-18-6-19-37-53,54-38-20-7-21-39-54)55-40-22-8-23-41-55/h3-49,59H,1-2H3. The number of rotatable bonds is 17. The van der Waals surface area contributed by atoms with E-state index in [0.717, 1.165) is 0 Å². The molecule has 0 bridgehead atoms. The van der Waals surface area contributed by atoms with Crippen LogP contribution in [0, 0.1) is 0 Å². The number of hydrogen-bond acceptors (Lipinski definition) is 3.